The van der Waals surface area contributed by atoms with Crippen molar-refractivity contribution >= 4 is 32.7 Å². The number of nitrogens with zero attached hydrogens (tertiary/aromatic N) is 1. The van der Waals surface area contributed by atoms with Crippen LogP contribution in [0.15, 0.2) is 28.9 Å². The molecule has 0 fully saturated rings. The van der Waals surface area contributed by atoms with Gasteiger partial charge in [-0.1, -0.05) is 6.92 Å². The molecule has 0 aliphatic rings. The number of halogens is 1. The van der Waals surface area contributed by atoms with Crippen LogP contribution in [0.25, 0.3) is 10.9 Å². The van der Waals surface area contributed by atoms with Crippen LogP contribution in [-0.4, -0.2) is 23.5 Å². The first-order chi connectivity index (χ1) is 10.0. The van der Waals surface area contributed by atoms with E-state index >= 15 is 0 Å². The number of carbonyl (C=O) groups excluding carboxylic acids is 1. The van der Waals surface area contributed by atoms with Gasteiger partial charge in [-0.15, -0.1) is 0 Å². The van der Waals surface area contributed by atoms with E-state index in [1.54, 1.807) is 6.20 Å². The van der Waals surface area contributed by atoms with E-state index in [4.69, 9.17) is 4.74 Å². The van der Waals surface area contributed by atoms with Crippen LogP contribution in [0.2, 0.25) is 0 Å². The first-order valence-electron chi connectivity index (χ1n) is 7.04. The molecule has 0 saturated heterocycles. The van der Waals surface area contributed by atoms with E-state index in [0.717, 1.165) is 27.5 Å². The number of benzene rings is 1. The summed E-state index contributed by atoms with van der Waals surface area (Å²) in [5, 5.41) is 3.75. The molecule has 0 aliphatic heterocycles. The van der Waals surface area contributed by atoms with Crippen LogP contribution >= 0.6 is 15.9 Å². The molecule has 112 valence electrons. The third-order valence-corrected chi connectivity index (χ3v) is 3.47. The van der Waals surface area contributed by atoms with Crippen molar-refractivity contribution in [3.63, 3.8) is 0 Å². The molecule has 2 aromatic rings. The number of amides is 1. The van der Waals surface area contributed by atoms with E-state index in [-0.39, 0.29) is 11.9 Å². The van der Waals surface area contributed by atoms with Crippen molar-refractivity contribution in [2.75, 3.05) is 6.61 Å². The van der Waals surface area contributed by atoms with Crippen LogP contribution in [0, 0.1) is 0 Å². The number of hydrogen-bond donors (Lipinski definition) is 1. The Kier molecular flexibility index (Phi) is 5.17. The lowest BCUT2D eigenvalue weighted by atomic mass is 10.1. The fraction of sp³-hybridized carbons (Fsp3) is 0.375. The van der Waals surface area contributed by atoms with E-state index < -0.39 is 0 Å². The number of aromatic nitrogens is 1. The Bertz CT molecular complexity index is 656. The van der Waals surface area contributed by atoms with Crippen molar-refractivity contribution < 1.29 is 9.53 Å². The standard InChI is InChI=1S/C16H19BrN2O2/c1-4-5-21-13-7-11-6-12(16(20)19-10(2)3)9-18-15(11)14(17)8-13/h6-10H,4-5H2,1-3H3,(H,19,20). The molecule has 0 radical (unpaired) electrons. The second-order valence-electron chi connectivity index (χ2n) is 5.18. The lowest BCUT2D eigenvalue weighted by Crippen LogP contribution is -2.30. The summed E-state index contributed by atoms with van der Waals surface area (Å²) in [5.74, 6) is 0.662. The summed E-state index contributed by atoms with van der Waals surface area (Å²) in [4.78, 5) is 16.4. The molecular weight excluding hydrogens is 332 g/mol. The molecule has 0 atom stereocenters. The number of rotatable bonds is 5. The quantitative estimate of drug-likeness (QED) is 0.888. The zero-order valence-electron chi connectivity index (χ0n) is 12.4. The van der Waals surface area contributed by atoms with Gasteiger partial charge in [-0.25, -0.2) is 0 Å². The zero-order chi connectivity index (χ0) is 15.4. The number of carbonyl (C=O) groups is 1. The van der Waals surface area contributed by atoms with Gasteiger partial charge < -0.3 is 10.1 Å². The molecule has 1 heterocycles. The molecule has 0 bridgehead atoms. The molecule has 1 aromatic carbocycles. The highest BCUT2D eigenvalue weighted by molar-refractivity contribution is 9.10. The van der Waals surface area contributed by atoms with E-state index in [1.807, 2.05) is 32.0 Å². The maximum absolute atomic E-state index is 12.0. The third-order valence-electron chi connectivity index (χ3n) is 2.86. The van der Waals surface area contributed by atoms with Crippen molar-refractivity contribution in [1.29, 1.82) is 0 Å². The Balaban J connectivity index is 2.38. The summed E-state index contributed by atoms with van der Waals surface area (Å²) in [7, 11) is 0. The van der Waals surface area contributed by atoms with Gasteiger partial charge in [0.25, 0.3) is 5.91 Å². The molecule has 4 nitrogen and oxygen atoms in total. The SMILES string of the molecule is CCCOc1cc(Br)c2ncc(C(=O)NC(C)C)cc2c1. The molecule has 1 N–H and O–H groups in total. The minimum atomic E-state index is -0.115. The predicted molar refractivity (Wildman–Crippen MR) is 87.8 cm³/mol. The van der Waals surface area contributed by atoms with Gasteiger partial charge in [0.2, 0.25) is 0 Å². The first kappa shape index (κ1) is 15.8. The smallest absolute Gasteiger partial charge is 0.253 e. The minimum absolute atomic E-state index is 0.0964. The van der Waals surface area contributed by atoms with Gasteiger partial charge in [-0.2, -0.15) is 0 Å². The van der Waals surface area contributed by atoms with Crippen molar-refractivity contribution in [1.82, 2.24) is 10.3 Å². The van der Waals surface area contributed by atoms with Crippen molar-refractivity contribution in [3.8, 4) is 5.75 Å². The summed E-state index contributed by atoms with van der Waals surface area (Å²) in [6.07, 6.45) is 2.54. The summed E-state index contributed by atoms with van der Waals surface area (Å²) < 4.78 is 6.51. The molecule has 0 unspecified atom stereocenters. The van der Waals surface area contributed by atoms with Crippen LogP contribution in [0.1, 0.15) is 37.6 Å². The molecule has 0 spiro atoms. The number of pyridine rings is 1. The van der Waals surface area contributed by atoms with Crippen molar-refractivity contribution in [3.05, 3.63) is 34.4 Å². The highest BCUT2D eigenvalue weighted by atomic mass is 79.9. The third kappa shape index (κ3) is 3.94. The molecule has 1 amide bonds. The van der Waals surface area contributed by atoms with Crippen LogP contribution in [0.5, 0.6) is 5.75 Å². The van der Waals surface area contributed by atoms with Gasteiger partial charge in [0.1, 0.15) is 5.75 Å². The maximum atomic E-state index is 12.0. The minimum Gasteiger partial charge on any atom is -0.494 e. The van der Waals surface area contributed by atoms with Gasteiger partial charge in [0.05, 0.1) is 17.7 Å². The van der Waals surface area contributed by atoms with Crippen molar-refractivity contribution in [2.24, 2.45) is 0 Å². The average Bonchev–Trinajstić information content (AvgIpc) is 2.43. The summed E-state index contributed by atoms with van der Waals surface area (Å²) in [6.45, 7) is 6.59. The van der Waals surface area contributed by atoms with Crippen LogP contribution < -0.4 is 10.1 Å². The number of fused-ring (bicyclic) bond motifs is 1. The largest absolute Gasteiger partial charge is 0.494 e. The van der Waals surface area contributed by atoms with E-state index in [1.165, 1.54) is 0 Å². The topological polar surface area (TPSA) is 51.2 Å². The molecule has 1 aromatic heterocycles. The van der Waals surface area contributed by atoms with Gasteiger partial charge >= 0.3 is 0 Å². The Hall–Kier alpha value is -1.62. The molecule has 0 aliphatic carbocycles. The van der Waals surface area contributed by atoms with Crippen LogP contribution in [-0.2, 0) is 0 Å². The predicted octanol–water partition coefficient (Wildman–Crippen LogP) is 3.92. The molecule has 2 rings (SSSR count). The molecular formula is C16H19BrN2O2. The first-order valence-corrected chi connectivity index (χ1v) is 7.83. The van der Waals surface area contributed by atoms with E-state index in [0.29, 0.717) is 12.2 Å². The van der Waals surface area contributed by atoms with Gasteiger partial charge in [-0.05, 0) is 54.4 Å². The Morgan fingerprint density at radius 1 is 1.38 bits per heavy atom. The summed E-state index contributed by atoms with van der Waals surface area (Å²) in [5.41, 5.74) is 1.37. The highest BCUT2D eigenvalue weighted by Crippen LogP contribution is 2.28. The summed E-state index contributed by atoms with van der Waals surface area (Å²) in [6, 6.07) is 5.75. The van der Waals surface area contributed by atoms with Crippen molar-refractivity contribution in [2.45, 2.75) is 33.2 Å². The number of ether oxygens (including phenoxy) is 1. The van der Waals surface area contributed by atoms with Crippen LogP contribution in [0.3, 0.4) is 0 Å². The molecule has 5 heteroatoms. The van der Waals surface area contributed by atoms with E-state index in [2.05, 4.69) is 33.2 Å². The second kappa shape index (κ2) is 6.89. The zero-order valence-corrected chi connectivity index (χ0v) is 14.0. The lowest BCUT2D eigenvalue weighted by Gasteiger charge is -2.10. The highest BCUT2D eigenvalue weighted by Gasteiger charge is 2.11. The fourth-order valence-corrected chi connectivity index (χ4v) is 2.51. The van der Waals surface area contributed by atoms with Gasteiger partial charge in [0.15, 0.2) is 0 Å². The lowest BCUT2D eigenvalue weighted by molar-refractivity contribution is 0.0943. The maximum Gasteiger partial charge on any atom is 0.253 e. The Labute approximate surface area is 133 Å². The van der Waals surface area contributed by atoms with Gasteiger partial charge in [-0.3, -0.25) is 9.78 Å². The second-order valence-corrected chi connectivity index (χ2v) is 6.03. The Morgan fingerprint density at radius 2 is 2.14 bits per heavy atom. The number of nitrogens with one attached hydrogen (secondary N) is 1. The normalized spacial score (nSPS) is 10.9. The Morgan fingerprint density at radius 3 is 2.81 bits per heavy atom. The van der Waals surface area contributed by atoms with Crippen LogP contribution in [0.4, 0.5) is 0 Å². The monoisotopic (exact) mass is 350 g/mol. The van der Waals surface area contributed by atoms with Gasteiger partial charge in [0, 0.05) is 22.1 Å². The number of hydrogen-bond acceptors (Lipinski definition) is 3. The molecule has 21 heavy (non-hydrogen) atoms. The fourth-order valence-electron chi connectivity index (χ4n) is 1.95. The molecule has 0 saturated carbocycles. The van der Waals surface area contributed by atoms with E-state index in [9.17, 15) is 4.79 Å². The summed E-state index contributed by atoms with van der Waals surface area (Å²) >= 11 is 3.50. The average molecular weight is 351 g/mol.